The molecule has 0 radical (unpaired) electrons. The smallest absolute Gasteiger partial charge is 0.249 e. The van der Waals surface area contributed by atoms with Crippen molar-refractivity contribution in [3.63, 3.8) is 0 Å². The maximum absolute atomic E-state index is 12.5. The zero-order valence-electron chi connectivity index (χ0n) is 11.5. The van der Waals surface area contributed by atoms with Gasteiger partial charge in [-0.1, -0.05) is 30.3 Å². The van der Waals surface area contributed by atoms with Gasteiger partial charge >= 0.3 is 0 Å². The second-order valence-electron chi connectivity index (χ2n) is 5.09. The number of fused-ring (bicyclic) bond motifs is 1. The molecule has 2 aromatic rings. The van der Waals surface area contributed by atoms with Crippen LogP contribution in [0.1, 0.15) is 22.9 Å². The largest absolute Gasteiger partial charge is 0.334 e. The molecule has 0 fully saturated rings. The van der Waals surface area contributed by atoms with Gasteiger partial charge < -0.3 is 4.90 Å². The highest BCUT2D eigenvalue weighted by molar-refractivity contribution is 7.10. The fraction of sp³-hybridized carbons (Fsp3) is 0.235. The van der Waals surface area contributed by atoms with Crippen molar-refractivity contribution < 1.29 is 4.79 Å². The fourth-order valence-corrected chi connectivity index (χ4v) is 3.28. The molecule has 0 atom stereocenters. The Hall–Kier alpha value is -1.87. The molecule has 1 amide bonds. The summed E-state index contributed by atoms with van der Waals surface area (Å²) in [6.07, 6.45) is 2.93. The third kappa shape index (κ3) is 2.68. The van der Waals surface area contributed by atoms with E-state index in [2.05, 4.69) is 18.2 Å². The van der Waals surface area contributed by atoms with Crippen molar-refractivity contribution in [1.82, 2.24) is 4.90 Å². The van der Waals surface area contributed by atoms with Crippen LogP contribution in [-0.4, -0.2) is 17.4 Å². The maximum atomic E-state index is 12.5. The summed E-state index contributed by atoms with van der Waals surface area (Å²) in [4.78, 5) is 15.6. The van der Waals surface area contributed by atoms with E-state index in [0.29, 0.717) is 0 Å². The summed E-state index contributed by atoms with van der Waals surface area (Å²) in [5, 5.41) is 2.03. The first-order valence-electron chi connectivity index (χ1n) is 6.82. The molecular formula is C17H17NOS. The fourth-order valence-electron chi connectivity index (χ4n) is 2.57. The van der Waals surface area contributed by atoms with Crippen molar-refractivity contribution in [2.24, 2.45) is 0 Å². The van der Waals surface area contributed by atoms with Gasteiger partial charge in [0.25, 0.3) is 0 Å². The Labute approximate surface area is 123 Å². The Bertz CT molecular complexity index is 643. The van der Waals surface area contributed by atoms with E-state index in [4.69, 9.17) is 0 Å². The zero-order valence-corrected chi connectivity index (χ0v) is 12.3. The van der Waals surface area contributed by atoms with Gasteiger partial charge in [0.1, 0.15) is 0 Å². The van der Waals surface area contributed by atoms with Crippen molar-refractivity contribution in [3.05, 3.63) is 63.4 Å². The highest BCUT2D eigenvalue weighted by atomic mass is 32.1. The van der Waals surface area contributed by atoms with Crippen LogP contribution in [0.15, 0.2) is 47.4 Å². The lowest BCUT2D eigenvalue weighted by Gasteiger charge is -2.29. The summed E-state index contributed by atoms with van der Waals surface area (Å²) < 4.78 is 0. The molecule has 0 spiro atoms. The number of thiophene rings is 1. The number of benzene rings is 1. The van der Waals surface area contributed by atoms with Gasteiger partial charge in [-0.3, -0.25) is 4.79 Å². The molecule has 1 aliphatic heterocycles. The Morgan fingerprint density at radius 2 is 2.00 bits per heavy atom. The third-order valence-electron chi connectivity index (χ3n) is 3.66. The van der Waals surface area contributed by atoms with Gasteiger partial charge in [0, 0.05) is 23.5 Å². The molecule has 102 valence electrons. The molecule has 0 saturated heterocycles. The molecule has 3 rings (SSSR count). The molecular weight excluding hydrogens is 266 g/mol. The summed E-state index contributed by atoms with van der Waals surface area (Å²) >= 11 is 1.66. The summed E-state index contributed by atoms with van der Waals surface area (Å²) in [6.45, 7) is 3.44. The first-order valence-corrected chi connectivity index (χ1v) is 7.70. The molecule has 1 aromatic carbocycles. The summed E-state index contributed by atoms with van der Waals surface area (Å²) in [5.74, 6) is 0.146. The average molecular weight is 283 g/mol. The van der Waals surface area contributed by atoms with E-state index in [9.17, 15) is 4.79 Å². The Balaban J connectivity index is 1.76. The minimum absolute atomic E-state index is 0.146. The molecule has 1 aliphatic rings. The number of amides is 1. The summed E-state index contributed by atoms with van der Waals surface area (Å²) in [6, 6.07) is 12.4. The van der Waals surface area contributed by atoms with Gasteiger partial charge in [-0.15, -0.1) is 11.3 Å². The third-order valence-corrected chi connectivity index (χ3v) is 4.48. The predicted octanol–water partition coefficient (Wildman–Crippen LogP) is 3.74. The number of nitrogens with zero attached hydrogens (tertiary/aromatic N) is 1. The summed E-state index contributed by atoms with van der Waals surface area (Å²) in [5.41, 5.74) is 3.46. The van der Waals surface area contributed by atoms with Crippen molar-refractivity contribution >= 4 is 23.3 Å². The van der Waals surface area contributed by atoms with Gasteiger partial charge in [0.2, 0.25) is 5.91 Å². The molecule has 0 saturated carbocycles. The van der Waals surface area contributed by atoms with Gasteiger partial charge in [0.15, 0.2) is 0 Å². The van der Waals surface area contributed by atoms with Gasteiger partial charge in [0.05, 0.1) is 0 Å². The average Bonchev–Trinajstić information content (AvgIpc) is 2.99. The van der Waals surface area contributed by atoms with Gasteiger partial charge in [-0.2, -0.15) is 0 Å². The first kappa shape index (κ1) is 13.1. The first-order chi connectivity index (χ1) is 9.74. The molecule has 1 aromatic heterocycles. The van der Waals surface area contributed by atoms with Crippen LogP contribution in [0, 0.1) is 0 Å². The Morgan fingerprint density at radius 1 is 1.20 bits per heavy atom. The van der Waals surface area contributed by atoms with Crippen molar-refractivity contribution in [3.8, 4) is 0 Å². The van der Waals surface area contributed by atoms with E-state index < -0.39 is 0 Å². The predicted molar refractivity (Wildman–Crippen MR) is 83.5 cm³/mol. The van der Waals surface area contributed by atoms with Crippen LogP contribution in [0.5, 0.6) is 0 Å². The van der Waals surface area contributed by atoms with E-state index in [1.165, 1.54) is 11.1 Å². The molecule has 2 heterocycles. The summed E-state index contributed by atoms with van der Waals surface area (Å²) in [7, 11) is 0. The number of rotatable bonds is 2. The molecule has 20 heavy (non-hydrogen) atoms. The van der Waals surface area contributed by atoms with E-state index in [0.717, 1.165) is 30.0 Å². The van der Waals surface area contributed by atoms with E-state index in [1.54, 1.807) is 11.3 Å². The van der Waals surface area contributed by atoms with Crippen LogP contribution in [0.2, 0.25) is 0 Å². The lowest BCUT2D eigenvalue weighted by molar-refractivity contribution is -0.127. The maximum Gasteiger partial charge on any atom is 0.249 e. The number of hydrogen-bond donors (Lipinski definition) is 0. The molecule has 3 heteroatoms. The number of hydrogen-bond acceptors (Lipinski definition) is 2. The standard InChI is InChI=1S/C17H17NOS/c1-13(11-16-7-4-10-20-16)17(19)18-9-8-14-5-2-3-6-15(14)12-18/h2-7,10-11H,8-9,12H2,1H3/b13-11+. The lowest BCUT2D eigenvalue weighted by atomic mass is 9.99. The molecule has 0 aliphatic carbocycles. The molecule has 0 N–H and O–H groups in total. The van der Waals surface area contributed by atoms with Crippen molar-refractivity contribution in [1.29, 1.82) is 0 Å². The van der Waals surface area contributed by atoms with E-state index in [1.807, 2.05) is 41.5 Å². The highest BCUT2D eigenvalue weighted by Gasteiger charge is 2.21. The Kier molecular flexibility index (Phi) is 3.70. The van der Waals surface area contributed by atoms with Crippen molar-refractivity contribution in [2.45, 2.75) is 19.9 Å². The monoisotopic (exact) mass is 283 g/mol. The highest BCUT2D eigenvalue weighted by Crippen LogP contribution is 2.21. The topological polar surface area (TPSA) is 20.3 Å². The van der Waals surface area contributed by atoms with E-state index in [-0.39, 0.29) is 5.91 Å². The van der Waals surface area contributed by atoms with Crippen LogP contribution in [0.4, 0.5) is 0 Å². The molecule has 2 nitrogen and oxygen atoms in total. The van der Waals surface area contributed by atoms with Crippen LogP contribution in [0.3, 0.4) is 0 Å². The number of carbonyl (C=O) groups excluding carboxylic acids is 1. The van der Waals surface area contributed by atoms with Crippen LogP contribution < -0.4 is 0 Å². The Morgan fingerprint density at radius 3 is 2.75 bits per heavy atom. The van der Waals surface area contributed by atoms with Crippen LogP contribution in [0.25, 0.3) is 6.08 Å². The minimum Gasteiger partial charge on any atom is -0.334 e. The van der Waals surface area contributed by atoms with Gasteiger partial charge in [-0.25, -0.2) is 0 Å². The number of carbonyl (C=O) groups is 1. The second kappa shape index (κ2) is 5.63. The lowest BCUT2D eigenvalue weighted by Crippen LogP contribution is -2.36. The van der Waals surface area contributed by atoms with Gasteiger partial charge in [-0.05, 0) is 42.0 Å². The normalized spacial score (nSPS) is 15.1. The van der Waals surface area contributed by atoms with Crippen LogP contribution in [-0.2, 0) is 17.8 Å². The van der Waals surface area contributed by atoms with Crippen LogP contribution >= 0.6 is 11.3 Å². The SMILES string of the molecule is C/C(=C\c1cccs1)C(=O)N1CCc2ccccc2C1. The van der Waals surface area contributed by atoms with E-state index >= 15 is 0 Å². The molecule has 0 bridgehead atoms. The minimum atomic E-state index is 0.146. The zero-order chi connectivity index (χ0) is 13.9. The quantitative estimate of drug-likeness (QED) is 0.769. The second-order valence-corrected chi connectivity index (χ2v) is 6.07. The van der Waals surface area contributed by atoms with Crippen molar-refractivity contribution in [2.75, 3.05) is 6.54 Å². The molecule has 0 unspecified atom stereocenters.